The largest absolute Gasteiger partial charge is 0.508 e. The van der Waals surface area contributed by atoms with Crippen molar-refractivity contribution in [3.8, 4) is 0 Å². The minimum atomic E-state index is -4.38. The summed E-state index contributed by atoms with van der Waals surface area (Å²) in [4.78, 5) is 61.7. The van der Waals surface area contributed by atoms with Gasteiger partial charge in [-0.2, -0.15) is 16.8 Å². The number of methoxy groups -OCH3 is 2. The molecule has 4 aromatic rings. The summed E-state index contributed by atoms with van der Waals surface area (Å²) >= 11 is 0. The molecule has 0 aromatic heterocycles. The lowest BCUT2D eigenvalue weighted by atomic mass is 9.97. The Morgan fingerprint density at radius 1 is 0.586 bits per heavy atom. The van der Waals surface area contributed by atoms with Gasteiger partial charge in [0.15, 0.2) is 11.5 Å². The van der Waals surface area contributed by atoms with Crippen molar-refractivity contribution in [2.45, 2.75) is 53.8 Å². The van der Waals surface area contributed by atoms with Crippen LogP contribution in [0.3, 0.4) is 0 Å². The van der Waals surface area contributed by atoms with Gasteiger partial charge in [0.05, 0.1) is 37.0 Å². The van der Waals surface area contributed by atoms with Gasteiger partial charge >= 0.3 is 38.5 Å². The van der Waals surface area contributed by atoms with Crippen LogP contribution in [0.4, 0.5) is 27.5 Å². The quantitative estimate of drug-likeness (QED) is 0.0819. The van der Waals surface area contributed by atoms with E-state index in [0.717, 1.165) is 34.0 Å². The molecule has 27 heteroatoms. The second-order valence-corrected chi connectivity index (χ2v) is 22.9. The Morgan fingerprint density at radius 3 is 1.29 bits per heavy atom. The van der Waals surface area contributed by atoms with Crippen molar-refractivity contribution < 1.29 is 76.6 Å². The Labute approximate surface area is 404 Å². The Kier molecular flexibility index (Phi) is 15.4. The summed E-state index contributed by atoms with van der Waals surface area (Å²) in [7, 11) is -15.1. The summed E-state index contributed by atoms with van der Waals surface area (Å²) in [5.74, 6) is -5.56. The van der Waals surface area contributed by atoms with Gasteiger partial charge in [-0.15, -0.1) is 0 Å². The molecule has 2 aliphatic heterocycles. The third-order valence-electron chi connectivity index (χ3n) is 10.7. The van der Waals surface area contributed by atoms with Crippen molar-refractivity contribution in [3.63, 3.8) is 0 Å². The molecule has 6 rings (SSSR count). The Morgan fingerprint density at radius 2 is 0.957 bits per heavy atom. The molecule has 4 aromatic carbocycles. The second kappa shape index (κ2) is 20.6. The molecule has 0 bridgehead atoms. The number of rotatable bonds is 18. The van der Waals surface area contributed by atoms with E-state index in [0.29, 0.717) is 33.4 Å². The van der Waals surface area contributed by atoms with Crippen LogP contribution >= 0.6 is 0 Å². The van der Waals surface area contributed by atoms with Crippen LogP contribution in [0.5, 0.6) is 0 Å². The average Bonchev–Trinajstić information content (AvgIpc) is 3.70. The maximum absolute atomic E-state index is 13.4. The van der Waals surface area contributed by atoms with E-state index in [1.807, 2.05) is 9.44 Å². The maximum atomic E-state index is 13.4. The lowest BCUT2D eigenvalue weighted by Crippen LogP contribution is -2.30. The van der Waals surface area contributed by atoms with Gasteiger partial charge < -0.3 is 18.9 Å². The van der Waals surface area contributed by atoms with Crippen LogP contribution in [0.15, 0.2) is 60.7 Å². The molecule has 2 saturated heterocycles. The van der Waals surface area contributed by atoms with Crippen LogP contribution in [-0.4, -0.2) is 102 Å². The number of carbonyl (C=O) groups excluding carboxylic acids is 5. The minimum Gasteiger partial charge on any atom is -0.468 e. The van der Waals surface area contributed by atoms with Crippen LogP contribution in [-0.2, 0) is 105 Å². The molecule has 0 atom stereocenters. The van der Waals surface area contributed by atoms with Crippen molar-refractivity contribution in [1.29, 1.82) is 0 Å². The van der Waals surface area contributed by atoms with Crippen LogP contribution in [0.1, 0.15) is 55.6 Å². The first-order valence-corrected chi connectivity index (χ1v) is 26.9. The number of nitrogens with one attached hydrogen (secondary N) is 4. The number of anilines is 4. The highest BCUT2D eigenvalue weighted by atomic mass is 32.2. The topological polar surface area (TPSA) is 313 Å². The lowest BCUT2D eigenvalue weighted by Gasteiger charge is -2.21. The number of amides is 2. The van der Waals surface area contributed by atoms with E-state index >= 15 is 0 Å². The zero-order valence-electron chi connectivity index (χ0n) is 38.4. The Hall–Kier alpha value is -6.97. The van der Waals surface area contributed by atoms with E-state index in [2.05, 4.69) is 18.9 Å². The van der Waals surface area contributed by atoms with E-state index in [1.54, 1.807) is 52.0 Å². The highest BCUT2D eigenvalue weighted by molar-refractivity contribution is 7.93. The molecule has 2 amide bonds. The molecule has 23 nitrogen and oxygen atoms in total. The molecule has 4 N–H and O–H groups in total. The van der Waals surface area contributed by atoms with Gasteiger partial charge in [-0.05, 0) is 98.2 Å². The summed E-state index contributed by atoms with van der Waals surface area (Å²) < 4.78 is 134. The average molecular weight is 1050 g/mol. The number of esters is 2. The molecule has 70 heavy (non-hydrogen) atoms. The fourth-order valence-electron chi connectivity index (χ4n) is 7.79. The maximum Gasteiger partial charge on any atom is 0.508 e. The van der Waals surface area contributed by atoms with E-state index < -0.39 is 108 Å². The molecule has 2 fully saturated rings. The second-order valence-electron chi connectivity index (χ2n) is 16.3. The van der Waals surface area contributed by atoms with Gasteiger partial charge in [0, 0.05) is 11.1 Å². The number of aryl methyl sites for hydroxylation is 4. The van der Waals surface area contributed by atoms with Crippen LogP contribution < -0.4 is 27.5 Å². The highest BCUT2D eigenvalue weighted by Crippen LogP contribution is 2.33. The van der Waals surface area contributed by atoms with E-state index in [9.17, 15) is 57.6 Å². The third-order valence-corrected chi connectivity index (χ3v) is 15.7. The zero-order valence-corrected chi connectivity index (χ0v) is 41.7. The fourth-order valence-corrected chi connectivity index (χ4v) is 12.4. The van der Waals surface area contributed by atoms with Crippen LogP contribution in [0, 0.1) is 27.7 Å². The Balaban J connectivity index is 1.29. The highest BCUT2D eigenvalue weighted by Gasteiger charge is 2.37. The number of hydrogen-bond donors (Lipinski definition) is 4. The summed E-state index contributed by atoms with van der Waals surface area (Å²) in [5, 5.41) is 0. The minimum absolute atomic E-state index is 0.0269. The molecule has 0 unspecified atom stereocenters. The predicted octanol–water partition coefficient (Wildman–Crippen LogP) is 2.15. The van der Waals surface area contributed by atoms with Gasteiger partial charge in [-0.3, -0.25) is 28.6 Å². The summed E-state index contributed by atoms with van der Waals surface area (Å²) in [6.45, 7) is 4.36. The molecule has 2 aliphatic rings. The monoisotopic (exact) mass is 1050 g/mol. The SMILES string of the molecule is COC(=O)CS(=O)(=O)Nc1c(C)cc(C)cc1Cc1ccc(N2CC(=O)NS2(=O)=O)c(COC(=O)OCc2cc(Cc3cc(C)cc(C)c3NS(=O)(=O)CC(=O)OC)ccc2N2CC(=O)NS2(=O)=O)c1. The predicted molar refractivity (Wildman–Crippen MR) is 253 cm³/mol. The molecular formula is C43H48N6O17S4. The zero-order chi connectivity index (χ0) is 51.5. The first kappa shape index (κ1) is 52.4. The van der Waals surface area contributed by atoms with Gasteiger partial charge in [-0.25, -0.2) is 39.7 Å². The standard InChI is InChI=1S/C43H48N6O17S4/c1-25-11-27(3)41(46-67(55,56)23-39(52)63-5)31(13-25)15-29-7-9-35(48-19-37(50)44-69(48,59)60)33(17-29)21-65-43(54)66-22-34-18-30(8-10-36(34)49-20-38(51)45-70(49,61)62)16-32-14-26(2)12-28(4)42(32)47-68(57,58)24-40(53)64-6/h7-14,17-18,46-47H,15-16,19-24H2,1-6H3,(H,44,50)(H,45,51). The van der Waals surface area contributed by atoms with E-state index in [-0.39, 0.29) is 46.7 Å². The van der Waals surface area contributed by atoms with Crippen molar-refractivity contribution in [3.05, 3.63) is 116 Å². The Bertz CT molecular complexity index is 3060. The fraction of sp³-hybridized carbons (Fsp3) is 0.326. The van der Waals surface area contributed by atoms with Gasteiger partial charge in [0.25, 0.3) is 11.8 Å². The summed E-state index contributed by atoms with van der Waals surface area (Å²) in [5.41, 5.74) is 4.77. The van der Waals surface area contributed by atoms with E-state index in [4.69, 9.17) is 9.47 Å². The molecule has 0 spiro atoms. The molecule has 0 saturated carbocycles. The first-order chi connectivity index (χ1) is 32.7. The first-order valence-electron chi connectivity index (χ1n) is 20.7. The molecule has 0 radical (unpaired) electrons. The normalized spacial score (nSPS) is 15.2. The molecule has 376 valence electrons. The van der Waals surface area contributed by atoms with Crippen LogP contribution in [0.25, 0.3) is 0 Å². The number of benzene rings is 4. The number of ether oxygens (including phenoxy) is 4. The van der Waals surface area contributed by atoms with Crippen molar-refractivity contribution >= 4 is 93.1 Å². The van der Waals surface area contributed by atoms with Crippen molar-refractivity contribution in [1.82, 2.24) is 9.44 Å². The van der Waals surface area contributed by atoms with Gasteiger partial charge in [0.2, 0.25) is 20.0 Å². The molecule has 2 heterocycles. The number of hydrogen-bond acceptors (Lipinski definition) is 17. The van der Waals surface area contributed by atoms with Crippen molar-refractivity contribution in [2.75, 3.05) is 56.9 Å². The van der Waals surface area contributed by atoms with Gasteiger partial charge in [0.1, 0.15) is 26.3 Å². The molecule has 0 aliphatic carbocycles. The number of sulfonamides is 2. The van der Waals surface area contributed by atoms with Crippen molar-refractivity contribution in [2.24, 2.45) is 0 Å². The third kappa shape index (κ3) is 12.8. The molecular weight excluding hydrogens is 1000 g/mol. The summed E-state index contributed by atoms with van der Waals surface area (Å²) in [6, 6.07) is 15.6. The smallest absolute Gasteiger partial charge is 0.468 e. The van der Waals surface area contributed by atoms with E-state index in [1.165, 1.54) is 36.4 Å². The van der Waals surface area contributed by atoms with Gasteiger partial charge in [-0.1, -0.05) is 47.5 Å². The number of carbonyl (C=O) groups is 5. The summed E-state index contributed by atoms with van der Waals surface area (Å²) in [6.07, 6.45) is -1.27. The number of nitrogens with zero attached hydrogens (tertiary/aromatic N) is 2. The van der Waals surface area contributed by atoms with Crippen LogP contribution in [0.2, 0.25) is 0 Å². The lowest BCUT2D eigenvalue weighted by molar-refractivity contribution is -0.138.